The summed E-state index contributed by atoms with van der Waals surface area (Å²) in [5.41, 5.74) is 2.23. The Morgan fingerprint density at radius 3 is 2.03 bits per heavy atom. The van der Waals surface area contributed by atoms with E-state index in [9.17, 15) is 18.0 Å². The number of nitrogens with zero attached hydrogens (tertiary/aromatic N) is 2. The van der Waals surface area contributed by atoms with Gasteiger partial charge in [0.15, 0.2) is 0 Å². The maximum atomic E-state index is 13.5. The summed E-state index contributed by atoms with van der Waals surface area (Å²) in [6, 6.07) is 15.7. The molecule has 2 atom stereocenters. The number of carbonyl (C=O) groups is 2. The fourth-order valence-corrected chi connectivity index (χ4v) is 4.42. The molecule has 192 valence electrons. The molecule has 0 aromatic heterocycles. The van der Waals surface area contributed by atoms with Crippen LogP contribution in [0.3, 0.4) is 0 Å². The van der Waals surface area contributed by atoms with Crippen LogP contribution < -0.4 is 9.62 Å². The van der Waals surface area contributed by atoms with Gasteiger partial charge in [-0.1, -0.05) is 70.2 Å². The summed E-state index contributed by atoms with van der Waals surface area (Å²) < 4.78 is 26.5. The van der Waals surface area contributed by atoms with E-state index in [0.29, 0.717) is 5.69 Å². The highest BCUT2D eigenvalue weighted by molar-refractivity contribution is 7.92. The van der Waals surface area contributed by atoms with Gasteiger partial charge >= 0.3 is 0 Å². The second kappa shape index (κ2) is 11.7. The molecule has 8 heteroatoms. The highest BCUT2D eigenvalue weighted by atomic mass is 32.2. The van der Waals surface area contributed by atoms with Gasteiger partial charge in [-0.2, -0.15) is 0 Å². The molecule has 35 heavy (non-hydrogen) atoms. The molecule has 0 saturated heterocycles. The van der Waals surface area contributed by atoms with Crippen LogP contribution in [-0.2, 0) is 31.6 Å². The lowest BCUT2D eigenvalue weighted by atomic mass is 9.87. The molecule has 2 amide bonds. The molecule has 2 aromatic rings. The Labute approximate surface area is 210 Å². The van der Waals surface area contributed by atoms with E-state index in [-0.39, 0.29) is 23.9 Å². The molecule has 2 aromatic carbocycles. The van der Waals surface area contributed by atoms with Crippen LogP contribution in [0.25, 0.3) is 0 Å². The van der Waals surface area contributed by atoms with Crippen molar-refractivity contribution in [2.24, 2.45) is 0 Å². The summed E-state index contributed by atoms with van der Waals surface area (Å²) in [7, 11) is -3.75. The SMILES string of the molecule is CC[C@@H](C)NC(=O)[C@@H](C)N(Cc1ccccc1)C(=O)CN(c1ccc(C(C)(C)C)cc1)S(C)(=O)=O. The van der Waals surface area contributed by atoms with Crippen LogP contribution in [0.15, 0.2) is 54.6 Å². The van der Waals surface area contributed by atoms with Crippen LogP contribution in [0.5, 0.6) is 0 Å². The molecule has 0 unspecified atom stereocenters. The first-order valence-electron chi connectivity index (χ1n) is 12.0. The predicted octanol–water partition coefficient (Wildman–Crippen LogP) is 4.08. The third kappa shape index (κ3) is 8.09. The van der Waals surface area contributed by atoms with Crippen molar-refractivity contribution in [2.45, 2.75) is 72.0 Å². The van der Waals surface area contributed by atoms with Gasteiger partial charge in [-0.3, -0.25) is 13.9 Å². The van der Waals surface area contributed by atoms with Crippen LogP contribution in [0.2, 0.25) is 0 Å². The Balaban J connectivity index is 2.37. The summed E-state index contributed by atoms with van der Waals surface area (Å²) >= 11 is 0. The third-order valence-corrected chi connectivity index (χ3v) is 7.21. The topological polar surface area (TPSA) is 86.8 Å². The first-order valence-corrected chi connectivity index (χ1v) is 13.8. The summed E-state index contributed by atoms with van der Waals surface area (Å²) in [5, 5.41) is 2.92. The number of nitrogens with one attached hydrogen (secondary N) is 1. The van der Waals surface area contributed by atoms with Crippen molar-refractivity contribution < 1.29 is 18.0 Å². The first-order chi connectivity index (χ1) is 16.2. The Morgan fingerprint density at radius 1 is 0.971 bits per heavy atom. The van der Waals surface area contributed by atoms with E-state index in [1.807, 2.05) is 56.3 Å². The molecular formula is C27H39N3O4S. The van der Waals surface area contributed by atoms with Gasteiger partial charge in [0, 0.05) is 12.6 Å². The lowest BCUT2D eigenvalue weighted by molar-refractivity contribution is -0.139. The molecule has 0 aliphatic carbocycles. The quantitative estimate of drug-likeness (QED) is 0.531. The van der Waals surface area contributed by atoms with Gasteiger partial charge in [0.05, 0.1) is 11.9 Å². The van der Waals surface area contributed by atoms with Gasteiger partial charge in [0.2, 0.25) is 21.8 Å². The second-order valence-electron chi connectivity index (χ2n) is 10.1. The highest BCUT2D eigenvalue weighted by Crippen LogP contribution is 2.26. The van der Waals surface area contributed by atoms with Crippen molar-refractivity contribution in [2.75, 3.05) is 17.1 Å². The summed E-state index contributed by atoms with van der Waals surface area (Å²) in [6.07, 6.45) is 1.84. The fourth-order valence-electron chi connectivity index (χ4n) is 3.57. The Bertz CT molecular complexity index is 1090. The lowest BCUT2D eigenvalue weighted by Gasteiger charge is -2.32. The minimum absolute atomic E-state index is 0.0347. The van der Waals surface area contributed by atoms with Crippen LogP contribution in [0.4, 0.5) is 5.69 Å². The lowest BCUT2D eigenvalue weighted by Crippen LogP contribution is -2.52. The molecule has 0 saturated carbocycles. The van der Waals surface area contributed by atoms with Crippen LogP contribution in [0, 0.1) is 0 Å². The van der Waals surface area contributed by atoms with Crippen molar-refractivity contribution >= 4 is 27.5 Å². The standard InChI is InChI=1S/C27H39N3O4S/c1-8-20(2)28-26(32)21(3)29(18-22-12-10-9-11-13-22)25(31)19-30(35(7,33)34)24-16-14-23(15-17-24)27(4,5)6/h9-17,20-21H,8,18-19H2,1-7H3,(H,28,32)/t20-,21-/m1/s1. The molecule has 0 fully saturated rings. The number of amides is 2. The zero-order valence-electron chi connectivity index (χ0n) is 21.9. The van der Waals surface area contributed by atoms with Gasteiger partial charge in [0.25, 0.3) is 0 Å². The molecule has 1 N–H and O–H groups in total. The van der Waals surface area contributed by atoms with E-state index < -0.39 is 28.5 Å². The number of hydrogen-bond donors (Lipinski definition) is 1. The Morgan fingerprint density at radius 2 is 1.54 bits per heavy atom. The van der Waals surface area contributed by atoms with Crippen LogP contribution in [-0.4, -0.2) is 50.0 Å². The van der Waals surface area contributed by atoms with E-state index >= 15 is 0 Å². The van der Waals surface area contributed by atoms with E-state index in [1.54, 1.807) is 19.1 Å². The predicted molar refractivity (Wildman–Crippen MR) is 142 cm³/mol. The zero-order chi connectivity index (χ0) is 26.4. The molecule has 0 aliphatic heterocycles. The monoisotopic (exact) mass is 501 g/mol. The van der Waals surface area contributed by atoms with Crippen molar-refractivity contribution in [1.82, 2.24) is 10.2 Å². The minimum atomic E-state index is -3.75. The molecule has 0 radical (unpaired) electrons. The van der Waals surface area contributed by atoms with Gasteiger partial charge in [-0.25, -0.2) is 8.42 Å². The molecule has 2 rings (SSSR count). The minimum Gasteiger partial charge on any atom is -0.352 e. The number of carbonyl (C=O) groups excluding carboxylic acids is 2. The maximum Gasteiger partial charge on any atom is 0.244 e. The van der Waals surface area contributed by atoms with Gasteiger partial charge in [-0.05, 0) is 48.9 Å². The molecule has 0 aliphatic rings. The molecule has 0 spiro atoms. The average Bonchev–Trinajstić information content (AvgIpc) is 2.79. The van der Waals surface area contributed by atoms with Crippen LogP contribution in [0.1, 0.15) is 59.1 Å². The second-order valence-corrected chi connectivity index (χ2v) is 12.0. The van der Waals surface area contributed by atoms with Crippen molar-refractivity contribution in [1.29, 1.82) is 0 Å². The Kier molecular flexibility index (Phi) is 9.49. The molecule has 7 nitrogen and oxygen atoms in total. The van der Waals surface area contributed by atoms with Crippen LogP contribution >= 0.6 is 0 Å². The Hall–Kier alpha value is -2.87. The molecule has 0 heterocycles. The number of anilines is 1. The normalized spacial score (nSPS) is 13.6. The number of sulfonamides is 1. The first kappa shape index (κ1) is 28.4. The third-order valence-electron chi connectivity index (χ3n) is 6.06. The van der Waals surface area contributed by atoms with Crippen molar-refractivity contribution in [3.8, 4) is 0 Å². The van der Waals surface area contributed by atoms with Crippen molar-refractivity contribution in [3.63, 3.8) is 0 Å². The largest absolute Gasteiger partial charge is 0.352 e. The summed E-state index contributed by atoms with van der Waals surface area (Å²) in [6.45, 7) is 11.6. The molecule has 0 bridgehead atoms. The average molecular weight is 502 g/mol. The van der Waals surface area contributed by atoms with E-state index in [4.69, 9.17) is 0 Å². The highest BCUT2D eigenvalue weighted by Gasteiger charge is 2.30. The fraction of sp³-hybridized carbons (Fsp3) is 0.481. The number of rotatable bonds is 10. The van der Waals surface area contributed by atoms with Crippen molar-refractivity contribution in [3.05, 3.63) is 65.7 Å². The van der Waals surface area contributed by atoms with Gasteiger partial charge in [-0.15, -0.1) is 0 Å². The maximum absolute atomic E-state index is 13.5. The van der Waals surface area contributed by atoms with E-state index in [1.165, 1.54) is 4.90 Å². The molecular weight excluding hydrogens is 462 g/mol. The van der Waals surface area contributed by atoms with E-state index in [2.05, 4.69) is 26.1 Å². The van der Waals surface area contributed by atoms with E-state index in [0.717, 1.165) is 28.1 Å². The zero-order valence-corrected chi connectivity index (χ0v) is 22.7. The van der Waals surface area contributed by atoms with Gasteiger partial charge in [0.1, 0.15) is 12.6 Å². The smallest absolute Gasteiger partial charge is 0.244 e. The summed E-state index contributed by atoms with van der Waals surface area (Å²) in [5.74, 6) is -0.727. The number of hydrogen-bond acceptors (Lipinski definition) is 4. The van der Waals surface area contributed by atoms with Gasteiger partial charge < -0.3 is 10.2 Å². The summed E-state index contributed by atoms with van der Waals surface area (Å²) in [4.78, 5) is 27.9. The number of benzene rings is 2.